The number of nitrogens with zero attached hydrogens (tertiary/aromatic N) is 3. The maximum Gasteiger partial charge on any atom is 0.302 e. The first-order chi connectivity index (χ1) is 12.0. The monoisotopic (exact) mass is 343 g/mol. The number of imidazole rings is 1. The molecule has 9 heteroatoms. The molecule has 0 aliphatic rings. The zero-order valence-electron chi connectivity index (χ0n) is 13.5. The molecule has 0 saturated carbocycles. The van der Waals surface area contributed by atoms with Crippen LogP contribution in [0.2, 0.25) is 0 Å². The Morgan fingerprint density at radius 3 is 2.88 bits per heavy atom. The van der Waals surface area contributed by atoms with Crippen molar-refractivity contribution < 1.29 is 14.6 Å². The summed E-state index contributed by atoms with van der Waals surface area (Å²) in [6.45, 7) is 1.21. The van der Waals surface area contributed by atoms with E-state index >= 15 is 0 Å². The van der Waals surface area contributed by atoms with Gasteiger partial charge in [0.25, 0.3) is 5.56 Å². The fourth-order valence-electron chi connectivity index (χ4n) is 2.30. The van der Waals surface area contributed by atoms with Crippen LogP contribution in [-0.4, -0.2) is 43.3 Å². The Kier molecular flexibility index (Phi) is 4.75. The van der Waals surface area contributed by atoms with Crippen LogP contribution in [0.3, 0.4) is 0 Å². The number of esters is 1. The summed E-state index contributed by atoms with van der Waals surface area (Å²) in [6.07, 6.45) is 0.476. The van der Waals surface area contributed by atoms with Crippen LogP contribution in [0.1, 0.15) is 6.92 Å². The summed E-state index contributed by atoms with van der Waals surface area (Å²) in [4.78, 5) is 34.0. The third-order valence-corrected chi connectivity index (χ3v) is 3.40. The number of aromatic nitrogens is 4. The minimum atomic E-state index is -0.937. The highest BCUT2D eigenvalue weighted by Gasteiger charge is 2.14. The van der Waals surface area contributed by atoms with Gasteiger partial charge in [-0.05, 0) is 12.1 Å². The summed E-state index contributed by atoms with van der Waals surface area (Å²) in [5.41, 5.74) is 0.866. The number of aliphatic hydroxyl groups excluding tert-OH is 1. The number of fused-ring (bicyclic) bond motifs is 1. The molecule has 2 heterocycles. The standard InChI is InChI=1S/C16H17N5O4/c1-10(22)25-8-12(23)7-21-9-17-13-14(21)19-16(20-15(13)24)18-11-5-3-2-4-6-11/h2-6,9,12,23H,7-8H2,1H3,(H2,18,19,20,24). The second kappa shape index (κ2) is 7.14. The Morgan fingerprint density at radius 1 is 1.40 bits per heavy atom. The third kappa shape index (κ3) is 4.01. The topological polar surface area (TPSA) is 122 Å². The van der Waals surface area contributed by atoms with E-state index in [0.29, 0.717) is 5.65 Å². The van der Waals surface area contributed by atoms with Crippen LogP contribution in [0.5, 0.6) is 0 Å². The summed E-state index contributed by atoms with van der Waals surface area (Å²) in [6, 6.07) is 9.27. The molecule has 0 radical (unpaired) electrons. The zero-order chi connectivity index (χ0) is 17.8. The molecule has 9 nitrogen and oxygen atoms in total. The van der Waals surface area contributed by atoms with Crippen molar-refractivity contribution >= 4 is 28.8 Å². The number of benzene rings is 1. The van der Waals surface area contributed by atoms with Crippen LogP contribution in [0.15, 0.2) is 41.5 Å². The number of nitrogens with one attached hydrogen (secondary N) is 2. The van der Waals surface area contributed by atoms with Gasteiger partial charge in [0.15, 0.2) is 11.2 Å². The first-order valence-corrected chi connectivity index (χ1v) is 7.61. The first-order valence-electron chi connectivity index (χ1n) is 7.61. The third-order valence-electron chi connectivity index (χ3n) is 3.40. The molecule has 3 rings (SSSR count). The second-order valence-corrected chi connectivity index (χ2v) is 5.43. The normalized spacial score (nSPS) is 12.1. The van der Waals surface area contributed by atoms with Gasteiger partial charge in [0.05, 0.1) is 12.9 Å². The van der Waals surface area contributed by atoms with Crippen LogP contribution in [-0.2, 0) is 16.1 Å². The molecule has 3 aromatic rings. The van der Waals surface area contributed by atoms with Crippen LogP contribution in [0.25, 0.3) is 11.2 Å². The Hall–Kier alpha value is -3.20. The number of ether oxygens (including phenoxy) is 1. The largest absolute Gasteiger partial charge is 0.463 e. The average Bonchev–Trinajstić information content (AvgIpc) is 2.97. The van der Waals surface area contributed by atoms with E-state index in [1.165, 1.54) is 17.8 Å². The Bertz CT molecular complexity index is 935. The summed E-state index contributed by atoms with van der Waals surface area (Å²) >= 11 is 0. The minimum absolute atomic E-state index is 0.0883. The average molecular weight is 343 g/mol. The van der Waals surface area contributed by atoms with Gasteiger partial charge in [-0.2, -0.15) is 4.98 Å². The summed E-state index contributed by atoms with van der Waals surface area (Å²) in [5.74, 6) is -0.210. The molecule has 0 saturated heterocycles. The maximum atomic E-state index is 12.2. The lowest BCUT2D eigenvalue weighted by molar-refractivity contribution is -0.144. The number of hydrogen-bond acceptors (Lipinski definition) is 7. The first kappa shape index (κ1) is 16.7. The Balaban J connectivity index is 1.85. The van der Waals surface area contributed by atoms with Gasteiger partial charge in [0, 0.05) is 12.6 Å². The lowest BCUT2D eigenvalue weighted by Crippen LogP contribution is -2.23. The fourth-order valence-corrected chi connectivity index (χ4v) is 2.30. The van der Waals surface area contributed by atoms with Crippen LogP contribution >= 0.6 is 0 Å². The van der Waals surface area contributed by atoms with Crippen molar-refractivity contribution in [2.24, 2.45) is 0 Å². The number of para-hydroxylation sites is 1. The van der Waals surface area contributed by atoms with Gasteiger partial charge in [-0.25, -0.2) is 4.98 Å². The Labute approximate surface area is 142 Å². The van der Waals surface area contributed by atoms with E-state index in [1.807, 2.05) is 30.3 Å². The molecule has 25 heavy (non-hydrogen) atoms. The molecule has 1 aromatic carbocycles. The quantitative estimate of drug-likeness (QED) is 0.565. The van der Waals surface area contributed by atoms with Crippen molar-refractivity contribution in [2.75, 3.05) is 11.9 Å². The molecule has 1 unspecified atom stereocenters. The smallest absolute Gasteiger partial charge is 0.302 e. The van der Waals surface area contributed by atoms with Gasteiger partial charge < -0.3 is 19.7 Å². The molecule has 0 fully saturated rings. The zero-order valence-corrected chi connectivity index (χ0v) is 13.5. The highest BCUT2D eigenvalue weighted by Crippen LogP contribution is 2.13. The number of aliphatic hydroxyl groups is 1. The number of carbonyl (C=O) groups excluding carboxylic acids is 1. The van der Waals surface area contributed by atoms with Crippen molar-refractivity contribution in [1.82, 2.24) is 19.5 Å². The molecule has 0 aliphatic heterocycles. The van der Waals surface area contributed by atoms with Crippen molar-refractivity contribution in [1.29, 1.82) is 0 Å². The van der Waals surface area contributed by atoms with Crippen molar-refractivity contribution in [3.05, 3.63) is 47.0 Å². The van der Waals surface area contributed by atoms with Crippen molar-refractivity contribution in [3.8, 4) is 0 Å². The predicted octanol–water partition coefficient (Wildman–Crippen LogP) is 0.787. The molecule has 0 aliphatic carbocycles. The summed E-state index contributed by atoms with van der Waals surface area (Å²) in [7, 11) is 0. The van der Waals surface area contributed by atoms with Gasteiger partial charge in [-0.3, -0.25) is 14.6 Å². The van der Waals surface area contributed by atoms with E-state index < -0.39 is 17.6 Å². The lowest BCUT2D eigenvalue weighted by atomic mass is 10.3. The molecule has 2 aromatic heterocycles. The number of hydrogen-bond donors (Lipinski definition) is 3. The lowest BCUT2D eigenvalue weighted by Gasteiger charge is -2.12. The number of rotatable bonds is 6. The van der Waals surface area contributed by atoms with Gasteiger partial charge >= 0.3 is 5.97 Å². The number of carbonyl (C=O) groups is 1. The number of aromatic amines is 1. The van der Waals surface area contributed by atoms with Gasteiger partial charge in [0.2, 0.25) is 5.95 Å². The predicted molar refractivity (Wildman–Crippen MR) is 90.5 cm³/mol. The number of H-pyrrole nitrogens is 1. The molecule has 0 spiro atoms. The second-order valence-electron chi connectivity index (χ2n) is 5.43. The highest BCUT2D eigenvalue weighted by molar-refractivity contribution is 5.71. The van der Waals surface area contributed by atoms with E-state index in [0.717, 1.165) is 5.69 Å². The van der Waals surface area contributed by atoms with Gasteiger partial charge in [0.1, 0.15) is 12.7 Å². The molecule has 130 valence electrons. The summed E-state index contributed by atoms with van der Waals surface area (Å²) in [5, 5.41) is 13.0. The Morgan fingerprint density at radius 2 is 2.16 bits per heavy atom. The van der Waals surface area contributed by atoms with Crippen molar-refractivity contribution in [3.63, 3.8) is 0 Å². The van der Waals surface area contributed by atoms with E-state index in [1.54, 1.807) is 0 Å². The SMILES string of the molecule is CC(=O)OCC(O)Cn1cnc2c(=O)[nH]c(Nc3ccccc3)nc21. The van der Waals surface area contributed by atoms with E-state index in [-0.39, 0.29) is 24.6 Å². The van der Waals surface area contributed by atoms with Crippen LogP contribution in [0.4, 0.5) is 11.6 Å². The van der Waals surface area contributed by atoms with Crippen LogP contribution in [0, 0.1) is 0 Å². The van der Waals surface area contributed by atoms with Crippen LogP contribution < -0.4 is 10.9 Å². The molecule has 0 bridgehead atoms. The van der Waals surface area contributed by atoms with Gasteiger partial charge in [-0.1, -0.05) is 18.2 Å². The van der Waals surface area contributed by atoms with E-state index in [2.05, 4.69) is 20.3 Å². The molecular formula is C16H17N5O4. The molecule has 0 amide bonds. The molecular weight excluding hydrogens is 326 g/mol. The molecule has 3 N–H and O–H groups in total. The van der Waals surface area contributed by atoms with Crippen molar-refractivity contribution in [2.45, 2.75) is 19.6 Å². The van der Waals surface area contributed by atoms with E-state index in [4.69, 9.17) is 4.74 Å². The fraction of sp³-hybridized carbons (Fsp3) is 0.250. The minimum Gasteiger partial charge on any atom is -0.463 e. The summed E-state index contributed by atoms with van der Waals surface area (Å²) < 4.78 is 6.30. The highest BCUT2D eigenvalue weighted by atomic mass is 16.5. The van der Waals surface area contributed by atoms with E-state index in [9.17, 15) is 14.7 Å². The number of anilines is 2. The van der Waals surface area contributed by atoms with Gasteiger partial charge in [-0.15, -0.1) is 0 Å². The molecule has 1 atom stereocenters. The maximum absolute atomic E-state index is 12.2.